The lowest BCUT2D eigenvalue weighted by Gasteiger charge is -2.32. The van der Waals surface area contributed by atoms with Crippen molar-refractivity contribution >= 4 is 18.3 Å². The third-order valence-electron chi connectivity index (χ3n) is 4.14. The fraction of sp³-hybridized carbons (Fsp3) is 0.600. The second-order valence-electron chi connectivity index (χ2n) is 6.24. The number of hydrogen-bond acceptors (Lipinski definition) is 4. The molecule has 2 rings (SSSR count). The van der Waals surface area contributed by atoms with Crippen molar-refractivity contribution in [1.82, 2.24) is 0 Å². The maximum absolute atomic E-state index is 13.5. The molecule has 0 atom stereocenters. The molecule has 1 fully saturated rings. The van der Waals surface area contributed by atoms with Crippen LogP contribution in [0.15, 0.2) is 18.2 Å². The summed E-state index contributed by atoms with van der Waals surface area (Å²) in [5.41, 5.74) is 0.628. The van der Waals surface area contributed by atoms with Gasteiger partial charge in [0.2, 0.25) is 0 Å². The van der Waals surface area contributed by atoms with Gasteiger partial charge < -0.3 is 19.4 Å². The number of nitrogens with one attached hydrogen (secondary N) is 1. The van der Waals surface area contributed by atoms with E-state index in [-0.39, 0.29) is 5.82 Å². The molecule has 0 aromatic heterocycles. The second-order valence-corrected chi connectivity index (χ2v) is 6.24. The SMILES string of the molecule is COCCNc1cc(F)ccc1B1OC(C)(C)C(C)(C)O1. The molecule has 116 valence electrons. The highest BCUT2D eigenvalue weighted by atomic mass is 19.1. The summed E-state index contributed by atoms with van der Waals surface area (Å²) in [4.78, 5) is 0. The predicted octanol–water partition coefficient (Wildman–Crippen LogP) is 2.18. The lowest BCUT2D eigenvalue weighted by atomic mass is 9.77. The molecule has 1 N–H and O–H groups in total. The first-order chi connectivity index (χ1) is 9.77. The standard InChI is InChI=1S/C15H23BFNO3/c1-14(2)15(3,4)21-16(20-14)12-7-6-11(17)10-13(12)18-8-9-19-5/h6-7,10,18H,8-9H2,1-5H3. The van der Waals surface area contributed by atoms with Gasteiger partial charge in [-0.25, -0.2) is 4.39 Å². The summed E-state index contributed by atoms with van der Waals surface area (Å²) in [5.74, 6) is -0.296. The van der Waals surface area contributed by atoms with Crippen LogP contribution in [0.5, 0.6) is 0 Å². The van der Waals surface area contributed by atoms with Crippen LogP contribution in [0.25, 0.3) is 0 Å². The Bertz CT molecular complexity index is 492. The summed E-state index contributed by atoms with van der Waals surface area (Å²) >= 11 is 0. The van der Waals surface area contributed by atoms with Crippen LogP contribution >= 0.6 is 0 Å². The summed E-state index contributed by atoms with van der Waals surface area (Å²) < 4.78 is 30.5. The molecule has 21 heavy (non-hydrogen) atoms. The van der Waals surface area contributed by atoms with Crippen molar-refractivity contribution in [2.24, 2.45) is 0 Å². The van der Waals surface area contributed by atoms with Crippen molar-refractivity contribution in [2.45, 2.75) is 38.9 Å². The van der Waals surface area contributed by atoms with E-state index in [1.54, 1.807) is 13.2 Å². The summed E-state index contributed by atoms with van der Waals surface area (Å²) in [6.07, 6.45) is 0. The van der Waals surface area contributed by atoms with E-state index in [1.807, 2.05) is 27.7 Å². The van der Waals surface area contributed by atoms with E-state index in [2.05, 4.69) is 5.32 Å². The second kappa shape index (κ2) is 5.95. The predicted molar refractivity (Wildman–Crippen MR) is 82.5 cm³/mol. The molecule has 1 aliphatic rings. The first-order valence-corrected chi connectivity index (χ1v) is 7.15. The molecule has 0 amide bonds. The fourth-order valence-corrected chi connectivity index (χ4v) is 2.14. The van der Waals surface area contributed by atoms with Crippen LogP contribution in [0.3, 0.4) is 0 Å². The maximum atomic E-state index is 13.5. The van der Waals surface area contributed by atoms with Crippen molar-refractivity contribution in [3.8, 4) is 0 Å². The van der Waals surface area contributed by atoms with Crippen molar-refractivity contribution in [1.29, 1.82) is 0 Å². The van der Waals surface area contributed by atoms with Crippen LogP contribution in [-0.4, -0.2) is 38.6 Å². The molecule has 0 radical (unpaired) electrons. The molecule has 0 saturated carbocycles. The highest BCUT2D eigenvalue weighted by Gasteiger charge is 2.52. The van der Waals surface area contributed by atoms with Crippen molar-refractivity contribution in [2.75, 3.05) is 25.6 Å². The van der Waals surface area contributed by atoms with E-state index < -0.39 is 18.3 Å². The van der Waals surface area contributed by atoms with E-state index in [0.29, 0.717) is 18.8 Å². The molecule has 4 nitrogen and oxygen atoms in total. The Kier molecular flexibility index (Phi) is 4.61. The molecule has 1 aromatic carbocycles. The minimum absolute atomic E-state index is 0.296. The summed E-state index contributed by atoms with van der Waals surface area (Å²) in [5, 5.41) is 3.16. The third-order valence-corrected chi connectivity index (χ3v) is 4.14. The fourth-order valence-electron chi connectivity index (χ4n) is 2.14. The number of benzene rings is 1. The molecule has 0 aliphatic carbocycles. The van der Waals surface area contributed by atoms with Gasteiger partial charge in [0.25, 0.3) is 0 Å². The molecular formula is C15H23BFNO3. The van der Waals surface area contributed by atoms with Gasteiger partial charge in [-0.05, 0) is 39.8 Å². The Labute approximate surface area is 126 Å². The molecule has 0 bridgehead atoms. The average molecular weight is 295 g/mol. The van der Waals surface area contributed by atoms with Crippen LogP contribution in [0.2, 0.25) is 0 Å². The van der Waals surface area contributed by atoms with Crippen molar-refractivity contribution in [3.05, 3.63) is 24.0 Å². The smallest absolute Gasteiger partial charge is 0.399 e. The number of rotatable bonds is 5. The summed E-state index contributed by atoms with van der Waals surface area (Å²) in [7, 11) is 1.11. The molecular weight excluding hydrogens is 272 g/mol. The van der Waals surface area contributed by atoms with Gasteiger partial charge in [0.05, 0.1) is 17.8 Å². The topological polar surface area (TPSA) is 39.7 Å². The number of hydrogen-bond donors (Lipinski definition) is 1. The van der Waals surface area contributed by atoms with Crippen LogP contribution in [-0.2, 0) is 14.0 Å². The third kappa shape index (κ3) is 3.39. The van der Waals surface area contributed by atoms with E-state index in [0.717, 1.165) is 5.46 Å². The number of anilines is 1. The highest BCUT2D eigenvalue weighted by molar-refractivity contribution is 6.63. The Hall–Kier alpha value is -1.11. The van der Waals surface area contributed by atoms with Gasteiger partial charge >= 0.3 is 7.12 Å². The molecule has 1 aromatic rings. The lowest BCUT2D eigenvalue weighted by molar-refractivity contribution is 0.00578. The van der Waals surface area contributed by atoms with E-state index in [4.69, 9.17) is 14.0 Å². The zero-order valence-electron chi connectivity index (χ0n) is 13.3. The minimum atomic E-state index is -0.513. The van der Waals surface area contributed by atoms with Crippen molar-refractivity contribution < 1.29 is 18.4 Å². The Morgan fingerprint density at radius 2 is 1.81 bits per heavy atom. The molecule has 6 heteroatoms. The van der Waals surface area contributed by atoms with Gasteiger partial charge in [-0.1, -0.05) is 6.07 Å². The van der Waals surface area contributed by atoms with Gasteiger partial charge in [0.15, 0.2) is 0 Å². The molecule has 0 unspecified atom stereocenters. The zero-order valence-corrected chi connectivity index (χ0v) is 13.3. The van der Waals surface area contributed by atoms with Crippen molar-refractivity contribution in [3.63, 3.8) is 0 Å². The summed E-state index contributed by atoms with van der Waals surface area (Å²) in [6, 6.07) is 4.57. The minimum Gasteiger partial charge on any atom is -0.399 e. The highest BCUT2D eigenvalue weighted by Crippen LogP contribution is 2.37. The number of ether oxygens (including phenoxy) is 1. The van der Waals surface area contributed by atoms with E-state index >= 15 is 0 Å². The first kappa shape index (κ1) is 16.3. The Morgan fingerprint density at radius 3 is 2.38 bits per heavy atom. The van der Waals surface area contributed by atoms with E-state index in [1.165, 1.54) is 12.1 Å². The molecule has 0 spiro atoms. The first-order valence-electron chi connectivity index (χ1n) is 7.15. The van der Waals surface area contributed by atoms with Crippen LogP contribution in [0.1, 0.15) is 27.7 Å². The normalized spacial score (nSPS) is 19.8. The number of methoxy groups -OCH3 is 1. The molecule has 1 heterocycles. The maximum Gasteiger partial charge on any atom is 0.496 e. The molecule has 1 aliphatic heterocycles. The van der Waals surface area contributed by atoms with Gasteiger partial charge in [-0.15, -0.1) is 0 Å². The summed E-state index contributed by atoms with van der Waals surface area (Å²) in [6.45, 7) is 9.11. The lowest BCUT2D eigenvalue weighted by Crippen LogP contribution is -2.41. The monoisotopic (exact) mass is 295 g/mol. The van der Waals surface area contributed by atoms with Crippen LogP contribution in [0.4, 0.5) is 10.1 Å². The Balaban J connectivity index is 2.24. The molecule has 1 saturated heterocycles. The van der Waals surface area contributed by atoms with E-state index in [9.17, 15) is 4.39 Å². The zero-order chi connectivity index (χ0) is 15.7. The quantitative estimate of drug-likeness (QED) is 0.667. The average Bonchev–Trinajstić information content (AvgIpc) is 2.58. The van der Waals surface area contributed by atoms with Gasteiger partial charge in [-0.2, -0.15) is 0 Å². The Morgan fingerprint density at radius 1 is 1.19 bits per heavy atom. The largest absolute Gasteiger partial charge is 0.496 e. The van der Waals surface area contributed by atoms with Gasteiger partial charge in [-0.3, -0.25) is 0 Å². The van der Waals surface area contributed by atoms with Gasteiger partial charge in [0, 0.05) is 24.8 Å². The van der Waals surface area contributed by atoms with Crippen LogP contribution in [0, 0.1) is 5.82 Å². The van der Waals surface area contributed by atoms with Crippen LogP contribution < -0.4 is 10.8 Å². The van der Waals surface area contributed by atoms with Gasteiger partial charge in [0.1, 0.15) is 5.82 Å². The number of halogens is 1.